The van der Waals surface area contributed by atoms with E-state index in [9.17, 15) is 0 Å². The number of hydrogen-bond acceptors (Lipinski definition) is 4. The van der Waals surface area contributed by atoms with Crippen molar-refractivity contribution in [2.45, 2.75) is 0 Å². The zero-order valence-electron chi connectivity index (χ0n) is 8.14. The van der Waals surface area contributed by atoms with Gasteiger partial charge in [0.2, 0.25) is 5.96 Å². The van der Waals surface area contributed by atoms with Crippen LogP contribution < -0.4 is 16.4 Å². The molecule has 1 aromatic rings. The van der Waals surface area contributed by atoms with Crippen LogP contribution in [0.25, 0.3) is 0 Å². The van der Waals surface area contributed by atoms with Gasteiger partial charge in [0.25, 0.3) is 0 Å². The summed E-state index contributed by atoms with van der Waals surface area (Å²) in [6.07, 6.45) is 1.62. The first-order valence-corrected chi connectivity index (χ1v) is 4.80. The fourth-order valence-electron chi connectivity index (χ4n) is 0.804. The van der Waals surface area contributed by atoms with E-state index in [1.165, 1.54) is 0 Å². The van der Waals surface area contributed by atoms with Crippen LogP contribution in [0.3, 0.4) is 0 Å². The van der Waals surface area contributed by atoms with Gasteiger partial charge in [-0.25, -0.2) is 0 Å². The first-order chi connectivity index (χ1) is 6.59. The van der Waals surface area contributed by atoms with Gasteiger partial charge in [-0.3, -0.25) is 0 Å². The molecule has 0 aliphatic carbocycles. The van der Waals surface area contributed by atoms with Crippen molar-refractivity contribution in [3.8, 4) is 0 Å². The highest BCUT2D eigenvalue weighted by Crippen LogP contribution is 2.22. The Kier molecular flexibility index (Phi) is 3.47. The maximum absolute atomic E-state index is 5.12. The van der Waals surface area contributed by atoms with Crippen molar-refractivity contribution < 1.29 is 0 Å². The van der Waals surface area contributed by atoms with Gasteiger partial charge in [-0.15, -0.1) is 16.4 Å². The van der Waals surface area contributed by atoms with Crippen LogP contribution in [-0.4, -0.2) is 26.3 Å². The zero-order valence-corrected chi connectivity index (χ0v) is 8.95. The molecule has 1 rings (SSSR count). The summed E-state index contributed by atoms with van der Waals surface area (Å²) in [5.41, 5.74) is 10.2. The van der Waals surface area contributed by atoms with E-state index in [0.29, 0.717) is 0 Å². The van der Waals surface area contributed by atoms with Crippen molar-refractivity contribution in [1.82, 2.24) is 0 Å². The molecule has 0 unspecified atom stereocenters. The first-order valence-electron chi connectivity index (χ1n) is 3.98. The summed E-state index contributed by atoms with van der Waals surface area (Å²) in [7, 11) is 3.98. The molecule has 14 heavy (non-hydrogen) atoms. The molecule has 0 atom stereocenters. The van der Waals surface area contributed by atoms with E-state index >= 15 is 0 Å². The van der Waals surface area contributed by atoms with Crippen LogP contribution in [-0.2, 0) is 0 Å². The molecule has 0 aliphatic heterocycles. The van der Waals surface area contributed by atoms with Gasteiger partial charge in [-0.1, -0.05) is 0 Å². The number of guanidine groups is 1. The van der Waals surface area contributed by atoms with E-state index in [4.69, 9.17) is 11.5 Å². The molecule has 0 bridgehead atoms. The minimum absolute atomic E-state index is 0.0364. The first kappa shape index (κ1) is 10.5. The monoisotopic (exact) mass is 211 g/mol. The van der Waals surface area contributed by atoms with Crippen molar-refractivity contribution in [1.29, 1.82) is 0 Å². The Balaban J connectivity index is 2.69. The highest BCUT2D eigenvalue weighted by Gasteiger charge is 1.98. The van der Waals surface area contributed by atoms with Crippen molar-refractivity contribution in [2.75, 3.05) is 19.0 Å². The third-order valence-corrected chi connectivity index (χ3v) is 2.60. The van der Waals surface area contributed by atoms with Crippen LogP contribution in [0, 0.1) is 0 Å². The molecular weight excluding hydrogens is 198 g/mol. The second-order valence-electron chi connectivity index (χ2n) is 2.84. The molecular formula is C8H13N5S. The molecule has 0 fully saturated rings. The minimum atomic E-state index is -0.0364. The summed E-state index contributed by atoms with van der Waals surface area (Å²) in [4.78, 5) is 3.04. The lowest BCUT2D eigenvalue weighted by molar-refractivity contribution is 1.16. The molecule has 0 saturated heterocycles. The maximum Gasteiger partial charge on any atom is 0.211 e. The Bertz CT molecular complexity index is 348. The van der Waals surface area contributed by atoms with Crippen LogP contribution in [0.2, 0.25) is 0 Å². The maximum atomic E-state index is 5.12. The third kappa shape index (κ3) is 3.06. The lowest BCUT2D eigenvalue weighted by Gasteiger charge is -2.06. The smallest absolute Gasteiger partial charge is 0.211 e. The number of thiophene rings is 1. The van der Waals surface area contributed by atoms with Crippen molar-refractivity contribution >= 4 is 28.5 Å². The van der Waals surface area contributed by atoms with Crippen LogP contribution in [0.5, 0.6) is 0 Å². The summed E-state index contributed by atoms with van der Waals surface area (Å²) < 4.78 is 0. The summed E-state index contributed by atoms with van der Waals surface area (Å²) >= 11 is 1.62. The molecule has 0 saturated carbocycles. The van der Waals surface area contributed by atoms with Crippen molar-refractivity contribution in [2.24, 2.45) is 21.7 Å². The number of nitrogens with zero attached hydrogens (tertiary/aromatic N) is 3. The fourth-order valence-corrected chi connectivity index (χ4v) is 1.60. The summed E-state index contributed by atoms with van der Waals surface area (Å²) in [5, 5.41) is 8.39. The van der Waals surface area contributed by atoms with Crippen LogP contribution >= 0.6 is 11.3 Å². The van der Waals surface area contributed by atoms with Gasteiger partial charge < -0.3 is 16.4 Å². The molecule has 1 heterocycles. The van der Waals surface area contributed by atoms with Crippen LogP contribution in [0.15, 0.2) is 22.3 Å². The molecule has 6 heteroatoms. The van der Waals surface area contributed by atoms with E-state index in [1.54, 1.807) is 17.6 Å². The normalized spacial score (nSPS) is 10.4. The summed E-state index contributed by atoms with van der Waals surface area (Å²) in [6.45, 7) is 0. The average Bonchev–Trinajstić information content (AvgIpc) is 2.52. The molecule has 0 spiro atoms. The highest BCUT2D eigenvalue weighted by molar-refractivity contribution is 7.17. The summed E-state index contributed by atoms with van der Waals surface area (Å²) in [5.74, 6) is -0.0364. The molecule has 0 aromatic carbocycles. The molecule has 4 N–H and O–H groups in total. The fraction of sp³-hybridized carbons (Fsp3) is 0.250. The number of anilines is 1. The topological polar surface area (TPSA) is 80.0 Å². The van der Waals surface area contributed by atoms with Gasteiger partial charge >= 0.3 is 0 Å². The van der Waals surface area contributed by atoms with E-state index in [-0.39, 0.29) is 5.96 Å². The average molecular weight is 211 g/mol. The summed E-state index contributed by atoms with van der Waals surface area (Å²) in [6, 6.07) is 3.98. The Morgan fingerprint density at radius 2 is 2.14 bits per heavy atom. The van der Waals surface area contributed by atoms with E-state index in [0.717, 1.165) is 9.88 Å². The second-order valence-corrected chi connectivity index (χ2v) is 3.93. The molecule has 76 valence electrons. The molecule has 0 amide bonds. The van der Waals surface area contributed by atoms with E-state index < -0.39 is 0 Å². The van der Waals surface area contributed by atoms with E-state index in [1.807, 2.05) is 31.1 Å². The Labute approximate surface area is 86.7 Å². The molecule has 0 aliphatic rings. The molecule has 0 radical (unpaired) electrons. The predicted octanol–water partition coefficient (Wildman–Crippen LogP) is 0.421. The van der Waals surface area contributed by atoms with Gasteiger partial charge in [0, 0.05) is 19.0 Å². The Hall–Kier alpha value is -1.56. The number of nitrogens with two attached hydrogens (primary N) is 2. The van der Waals surface area contributed by atoms with Gasteiger partial charge in [-0.2, -0.15) is 5.10 Å². The quantitative estimate of drug-likeness (QED) is 0.432. The van der Waals surface area contributed by atoms with Crippen LogP contribution in [0.4, 0.5) is 5.00 Å². The molecule has 1 aromatic heterocycles. The van der Waals surface area contributed by atoms with Gasteiger partial charge in [0.1, 0.15) is 0 Å². The third-order valence-electron chi connectivity index (χ3n) is 1.41. The van der Waals surface area contributed by atoms with Gasteiger partial charge in [-0.05, 0) is 12.1 Å². The largest absolute Gasteiger partial charge is 0.370 e. The SMILES string of the molecule is CN(C)c1ccc(/C=N/N=C(N)N)s1. The lowest BCUT2D eigenvalue weighted by Crippen LogP contribution is -2.21. The Morgan fingerprint density at radius 3 is 2.64 bits per heavy atom. The minimum Gasteiger partial charge on any atom is -0.370 e. The van der Waals surface area contributed by atoms with E-state index in [2.05, 4.69) is 10.2 Å². The second kappa shape index (κ2) is 4.61. The highest BCUT2D eigenvalue weighted by atomic mass is 32.1. The lowest BCUT2D eigenvalue weighted by atomic mass is 10.5. The van der Waals surface area contributed by atoms with Gasteiger partial charge in [0.05, 0.1) is 11.2 Å². The standard InChI is InChI=1S/C8H13N5S/c1-13(2)7-4-3-6(14-7)5-11-12-8(9)10/h3-5H,1-2H3,(H4,9,10,12)/b11-5+. The number of hydrogen-bond donors (Lipinski definition) is 2. The van der Waals surface area contributed by atoms with Crippen molar-refractivity contribution in [3.05, 3.63) is 17.0 Å². The van der Waals surface area contributed by atoms with Crippen molar-refractivity contribution in [3.63, 3.8) is 0 Å². The zero-order chi connectivity index (χ0) is 10.6. The van der Waals surface area contributed by atoms with Gasteiger partial charge in [0.15, 0.2) is 0 Å². The number of rotatable bonds is 3. The predicted molar refractivity (Wildman–Crippen MR) is 62.0 cm³/mol. The molecule has 5 nitrogen and oxygen atoms in total. The van der Waals surface area contributed by atoms with Crippen LogP contribution in [0.1, 0.15) is 4.88 Å². The Morgan fingerprint density at radius 1 is 1.43 bits per heavy atom.